The Bertz CT molecular complexity index is 1170. The molecule has 3 aromatic carbocycles. The third-order valence-corrected chi connectivity index (χ3v) is 5.17. The molecule has 1 heterocycles. The number of nitrogens with zero attached hydrogens (tertiary/aromatic N) is 2. The SMILES string of the molecule is COc1cccc(OCCn2c(Cc3ccc(OC)c(OC)c3)nc3ccccc32)c1. The number of hydrogen-bond donors (Lipinski definition) is 0. The van der Waals surface area contributed by atoms with E-state index in [0.29, 0.717) is 31.1 Å². The van der Waals surface area contributed by atoms with E-state index in [1.165, 1.54) is 0 Å². The maximum Gasteiger partial charge on any atom is 0.161 e. The largest absolute Gasteiger partial charge is 0.497 e. The maximum absolute atomic E-state index is 5.98. The van der Waals surface area contributed by atoms with E-state index >= 15 is 0 Å². The van der Waals surface area contributed by atoms with Gasteiger partial charge in [0.15, 0.2) is 11.5 Å². The van der Waals surface area contributed by atoms with Crippen molar-refractivity contribution in [1.29, 1.82) is 0 Å². The predicted molar refractivity (Wildman–Crippen MR) is 121 cm³/mol. The molecule has 0 unspecified atom stereocenters. The monoisotopic (exact) mass is 418 g/mol. The summed E-state index contributed by atoms with van der Waals surface area (Å²) in [4.78, 5) is 4.87. The van der Waals surface area contributed by atoms with Gasteiger partial charge in [0.05, 0.1) is 38.9 Å². The van der Waals surface area contributed by atoms with Crippen LogP contribution >= 0.6 is 0 Å². The quantitative estimate of drug-likeness (QED) is 0.393. The second-order valence-corrected chi connectivity index (χ2v) is 7.06. The van der Waals surface area contributed by atoms with Crippen molar-refractivity contribution in [2.45, 2.75) is 13.0 Å². The second kappa shape index (κ2) is 9.43. The summed E-state index contributed by atoms with van der Waals surface area (Å²) in [6, 6.07) is 21.8. The van der Waals surface area contributed by atoms with Crippen molar-refractivity contribution in [3.05, 3.63) is 78.1 Å². The van der Waals surface area contributed by atoms with E-state index in [2.05, 4.69) is 10.6 Å². The number of hydrogen-bond acceptors (Lipinski definition) is 5. The van der Waals surface area contributed by atoms with Crippen LogP contribution in [0.4, 0.5) is 0 Å². The molecule has 0 aliphatic heterocycles. The van der Waals surface area contributed by atoms with E-state index in [9.17, 15) is 0 Å². The predicted octanol–water partition coefficient (Wildman–Crippen LogP) is 4.73. The molecule has 0 aliphatic carbocycles. The van der Waals surface area contributed by atoms with Gasteiger partial charge in [0.1, 0.15) is 23.9 Å². The van der Waals surface area contributed by atoms with Gasteiger partial charge in [-0.2, -0.15) is 0 Å². The molecule has 31 heavy (non-hydrogen) atoms. The highest BCUT2D eigenvalue weighted by atomic mass is 16.5. The number of ether oxygens (including phenoxy) is 4. The highest BCUT2D eigenvalue weighted by molar-refractivity contribution is 5.76. The van der Waals surface area contributed by atoms with Crippen molar-refractivity contribution in [2.75, 3.05) is 27.9 Å². The first-order valence-electron chi connectivity index (χ1n) is 10.1. The fourth-order valence-electron chi connectivity index (χ4n) is 3.63. The normalized spacial score (nSPS) is 10.8. The fraction of sp³-hybridized carbons (Fsp3) is 0.240. The van der Waals surface area contributed by atoms with E-state index in [-0.39, 0.29) is 0 Å². The van der Waals surface area contributed by atoms with Crippen LogP contribution in [0, 0.1) is 0 Å². The molecule has 0 bridgehead atoms. The molecule has 6 nitrogen and oxygen atoms in total. The molecule has 0 saturated heterocycles. The van der Waals surface area contributed by atoms with Crippen molar-refractivity contribution < 1.29 is 18.9 Å². The van der Waals surface area contributed by atoms with Gasteiger partial charge in [0.2, 0.25) is 0 Å². The first kappa shape index (κ1) is 20.6. The Morgan fingerprint density at radius 3 is 2.39 bits per heavy atom. The number of imidazole rings is 1. The average Bonchev–Trinajstić information content (AvgIpc) is 3.16. The first-order valence-corrected chi connectivity index (χ1v) is 10.1. The van der Waals surface area contributed by atoms with Crippen LogP contribution in [0.2, 0.25) is 0 Å². The summed E-state index contributed by atoms with van der Waals surface area (Å²) in [5.41, 5.74) is 3.16. The molecule has 4 aromatic rings. The van der Waals surface area contributed by atoms with Gasteiger partial charge in [-0.25, -0.2) is 4.98 Å². The Labute approximate surface area is 182 Å². The average molecular weight is 418 g/mol. The molecule has 0 N–H and O–H groups in total. The molecular weight excluding hydrogens is 392 g/mol. The van der Waals surface area contributed by atoms with Crippen LogP contribution in [0.3, 0.4) is 0 Å². The van der Waals surface area contributed by atoms with Gasteiger partial charge in [-0.3, -0.25) is 0 Å². The lowest BCUT2D eigenvalue weighted by Gasteiger charge is -2.13. The fourth-order valence-corrected chi connectivity index (χ4v) is 3.63. The molecule has 4 rings (SSSR count). The van der Waals surface area contributed by atoms with Crippen molar-refractivity contribution >= 4 is 11.0 Å². The van der Waals surface area contributed by atoms with Gasteiger partial charge >= 0.3 is 0 Å². The van der Waals surface area contributed by atoms with Gasteiger partial charge in [0.25, 0.3) is 0 Å². The number of fused-ring (bicyclic) bond motifs is 1. The molecule has 6 heteroatoms. The molecule has 0 saturated carbocycles. The van der Waals surface area contributed by atoms with Crippen LogP contribution in [0.5, 0.6) is 23.0 Å². The van der Waals surface area contributed by atoms with E-state index in [4.69, 9.17) is 23.9 Å². The second-order valence-electron chi connectivity index (χ2n) is 7.06. The molecule has 0 amide bonds. The van der Waals surface area contributed by atoms with Crippen LogP contribution in [0.1, 0.15) is 11.4 Å². The van der Waals surface area contributed by atoms with Crippen molar-refractivity contribution in [2.24, 2.45) is 0 Å². The Hall–Kier alpha value is -3.67. The molecule has 1 aromatic heterocycles. The maximum atomic E-state index is 5.98. The minimum atomic E-state index is 0.520. The van der Waals surface area contributed by atoms with Gasteiger partial charge in [-0.1, -0.05) is 24.3 Å². The topological polar surface area (TPSA) is 54.7 Å². The Morgan fingerprint density at radius 2 is 1.58 bits per heavy atom. The summed E-state index contributed by atoms with van der Waals surface area (Å²) in [5, 5.41) is 0. The van der Waals surface area contributed by atoms with Crippen LogP contribution in [-0.4, -0.2) is 37.5 Å². The summed E-state index contributed by atoms with van der Waals surface area (Å²) in [5.74, 6) is 3.96. The number of para-hydroxylation sites is 2. The third kappa shape index (κ3) is 4.58. The number of aromatic nitrogens is 2. The summed E-state index contributed by atoms with van der Waals surface area (Å²) in [6.07, 6.45) is 0.675. The molecule has 0 fully saturated rings. The third-order valence-electron chi connectivity index (χ3n) is 5.17. The van der Waals surface area contributed by atoms with Gasteiger partial charge in [-0.05, 0) is 42.0 Å². The van der Waals surface area contributed by atoms with Crippen LogP contribution < -0.4 is 18.9 Å². The molecule has 0 atom stereocenters. The van der Waals surface area contributed by atoms with Crippen LogP contribution in [0.25, 0.3) is 11.0 Å². The van der Waals surface area contributed by atoms with Gasteiger partial charge in [-0.15, -0.1) is 0 Å². The summed E-state index contributed by atoms with van der Waals surface area (Å²) >= 11 is 0. The van der Waals surface area contributed by atoms with Gasteiger partial charge in [0, 0.05) is 12.5 Å². The van der Waals surface area contributed by atoms with E-state index in [0.717, 1.165) is 33.9 Å². The zero-order chi connectivity index (χ0) is 21.6. The number of benzene rings is 3. The summed E-state index contributed by atoms with van der Waals surface area (Å²) < 4.78 is 24.3. The van der Waals surface area contributed by atoms with Crippen molar-refractivity contribution in [1.82, 2.24) is 9.55 Å². The minimum Gasteiger partial charge on any atom is -0.497 e. The molecular formula is C25H26N2O4. The molecule has 160 valence electrons. The van der Waals surface area contributed by atoms with Crippen LogP contribution in [0.15, 0.2) is 66.7 Å². The summed E-state index contributed by atoms with van der Waals surface area (Å²) in [7, 11) is 4.93. The lowest BCUT2D eigenvalue weighted by molar-refractivity contribution is 0.296. The van der Waals surface area contributed by atoms with Gasteiger partial charge < -0.3 is 23.5 Å². The lowest BCUT2D eigenvalue weighted by Crippen LogP contribution is -2.11. The zero-order valence-electron chi connectivity index (χ0n) is 18.0. The standard InChI is InChI=1S/C25H26N2O4/c1-28-19-7-6-8-20(17-19)31-14-13-27-22-10-5-4-9-21(22)26-25(27)16-18-11-12-23(29-2)24(15-18)30-3/h4-12,15,17H,13-14,16H2,1-3H3. The Kier molecular flexibility index (Phi) is 6.26. The lowest BCUT2D eigenvalue weighted by atomic mass is 10.1. The zero-order valence-corrected chi connectivity index (χ0v) is 18.0. The summed E-state index contributed by atoms with van der Waals surface area (Å²) in [6.45, 7) is 1.20. The Balaban J connectivity index is 1.57. The van der Waals surface area contributed by atoms with E-state index < -0.39 is 0 Å². The highest BCUT2D eigenvalue weighted by Gasteiger charge is 2.13. The molecule has 0 spiro atoms. The van der Waals surface area contributed by atoms with Crippen molar-refractivity contribution in [3.8, 4) is 23.0 Å². The first-order chi connectivity index (χ1) is 15.2. The highest BCUT2D eigenvalue weighted by Crippen LogP contribution is 2.29. The minimum absolute atomic E-state index is 0.520. The number of methoxy groups -OCH3 is 3. The molecule has 0 radical (unpaired) electrons. The van der Waals surface area contributed by atoms with Crippen molar-refractivity contribution in [3.63, 3.8) is 0 Å². The van der Waals surface area contributed by atoms with Crippen LogP contribution in [-0.2, 0) is 13.0 Å². The van der Waals surface area contributed by atoms with E-state index in [1.54, 1.807) is 21.3 Å². The number of rotatable bonds is 9. The smallest absolute Gasteiger partial charge is 0.161 e. The Morgan fingerprint density at radius 1 is 0.774 bits per heavy atom. The molecule has 0 aliphatic rings. The van der Waals surface area contributed by atoms with E-state index in [1.807, 2.05) is 60.7 Å².